The molecule has 0 aromatic carbocycles. The van der Waals surface area contributed by atoms with Crippen LogP contribution in [0.1, 0.15) is 4.88 Å². The molecule has 0 spiro atoms. The summed E-state index contributed by atoms with van der Waals surface area (Å²) in [6.07, 6.45) is -0.227. The van der Waals surface area contributed by atoms with Gasteiger partial charge in [0, 0.05) is 11.4 Å². The molecule has 1 aromatic heterocycles. The van der Waals surface area contributed by atoms with Gasteiger partial charge in [-0.25, -0.2) is 4.79 Å². The van der Waals surface area contributed by atoms with Gasteiger partial charge in [-0.15, -0.1) is 11.3 Å². The van der Waals surface area contributed by atoms with Crippen LogP contribution in [0.5, 0.6) is 0 Å². The molecule has 0 saturated carbocycles. The molecule has 1 amide bonds. The molecule has 1 aliphatic rings. The fraction of sp³-hybridized carbons (Fsp3) is 0.500. The number of carbonyl (C=O) groups is 1. The number of cyclic esters (lactones) is 1. The number of amides is 1. The lowest BCUT2D eigenvalue weighted by molar-refractivity contribution is 0.101. The van der Waals surface area contributed by atoms with E-state index in [-0.39, 0.29) is 6.09 Å². The summed E-state index contributed by atoms with van der Waals surface area (Å²) < 4.78 is 10.3. The predicted octanol–water partition coefficient (Wildman–Crippen LogP) is 1.72. The highest BCUT2D eigenvalue weighted by Gasteiger charge is 2.20. The van der Waals surface area contributed by atoms with E-state index in [0.29, 0.717) is 32.9 Å². The summed E-state index contributed by atoms with van der Waals surface area (Å²) in [5.41, 5.74) is 0. The first kappa shape index (κ1) is 10.4. The van der Waals surface area contributed by atoms with Gasteiger partial charge in [0.1, 0.15) is 6.61 Å². The van der Waals surface area contributed by atoms with Crippen LogP contribution in [-0.4, -0.2) is 37.3 Å². The van der Waals surface area contributed by atoms with E-state index in [1.165, 1.54) is 4.88 Å². The minimum atomic E-state index is -0.227. The Bertz CT molecular complexity index is 312. The lowest BCUT2D eigenvalue weighted by atomic mass is 10.5. The van der Waals surface area contributed by atoms with Crippen molar-refractivity contribution in [3.8, 4) is 0 Å². The molecule has 15 heavy (non-hydrogen) atoms. The zero-order valence-electron chi connectivity index (χ0n) is 8.35. The first-order valence-electron chi connectivity index (χ1n) is 4.88. The van der Waals surface area contributed by atoms with Crippen molar-refractivity contribution >= 4 is 17.4 Å². The second-order valence-electron chi connectivity index (χ2n) is 3.23. The fourth-order valence-corrected chi connectivity index (χ4v) is 2.01. The SMILES string of the molecule is O=C1OCCN1CCOCc1cccs1. The Kier molecular flexibility index (Phi) is 3.58. The van der Waals surface area contributed by atoms with E-state index in [2.05, 4.69) is 0 Å². The first-order valence-corrected chi connectivity index (χ1v) is 5.76. The van der Waals surface area contributed by atoms with Crippen LogP contribution in [0.15, 0.2) is 17.5 Å². The second-order valence-corrected chi connectivity index (χ2v) is 4.27. The predicted molar refractivity (Wildman–Crippen MR) is 56.9 cm³/mol. The summed E-state index contributed by atoms with van der Waals surface area (Å²) in [5, 5.41) is 2.02. The highest BCUT2D eigenvalue weighted by molar-refractivity contribution is 7.09. The molecule has 82 valence electrons. The monoisotopic (exact) mass is 227 g/mol. The molecule has 0 radical (unpaired) electrons. The minimum absolute atomic E-state index is 0.227. The molecule has 0 aliphatic carbocycles. The Morgan fingerprint density at radius 1 is 1.60 bits per heavy atom. The number of hydrogen-bond donors (Lipinski definition) is 0. The molecular formula is C10H13NO3S. The van der Waals surface area contributed by atoms with Crippen molar-refractivity contribution in [2.24, 2.45) is 0 Å². The van der Waals surface area contributed by atoms with Gasteiger partial charge in [-0.3, -0.25) is 0 Å². The van der Waals surface area contributed by atoms with E-state index in [4.69, 9.17) is 9.47 Å². The Morgan fingerprint density at radius 3 is 3.20 bits per heavy atom. The number of ether oxygens (including phenoxy) is 2. The molecule has 2 heterocycles. The summed E-state index contributed by atoms with van der Waals surface area (Å²) in [4.78, 5) is 13.9. The molecule has 1 saturated heterocycles. The van der Waals surface area contributed by atoms with Crippen LogP contribution in [0.4, 0.5) is 4.79 Å². The maximum Gasteiger partial charge on any atom is 0.410 e. The highest BCUT2D eigenvalue weighted by Crippen LogP contribution is 2.09. The third kappa shape index (κ3) is 2.94. The fourth-order valence-electron chi connectivity index (χ4n) is 1.37. The number of thiophene rings is 1. The number of rotatable bonds is 5. The minimum Gasteiger partial charge on any atom is -0.448 e. The Balaban J connectivity index is 1.61. The molecule has 2 rings (SSSR count). The molecule has 0 unspecified atom stereocenters. The molecule has 1 aliphatic heterocycles. The van der Waals surface area contributed by atoms with E-state index in [0.717, 1.165) is 0 Å². The number of hydrogen-bond acceptors (Lipinski definition) is 4. The average molecular weight is 227 g/mol. The number of nitrogens with zero attached hydrogens (tertiary/aromatic N) is 1. The van der Waals surface area contributed by atoms with E-state index < -0.39 is 0 Å². The molecule has 0 bridgehead atoms. The molecule has 4 nitrogen and oxygen atoms in total. The zero-order valence-corrected chi connectivity index (χ0v) is 9.16. The maximum atomic E-state index is 11.0. The number of carbonyl (C=O) groups excluding carboxylic acids is 1. The smallest absolute Gasteiger partial charge is 0.410 e. The van der Waals surface area contributed by atoms with Crippen molar-refractivity contribution < 1.29 is 14.3 Å². The van der Waals surface area contributed by atoms with Gasteiger partial charge in [0.25, 0.3) is 0 Å². The van der Waals surface area contributed by atoms with Crippen molar-refractivity contribution in [2.45, 2.75) is 6.61 Å². The van der Waals surface area contributed by atoms with Crippen LogP contribution in [0, 0.1) is 0 Å². The zero-order chi connectivity index (χ0) is 10.5. The van der Waals surface area contributed by atoms with Crippen LogP contribution in [0.25, 0.3) is 0 Å². The summed E-state index contributed by atoms with van der Waals surface area (Å²) in [6, 6.07) is 4.04. The normalized spacial score (nSPS) is 15.7. The standard InChI is InChI=1S/C10H13NO3S/c12-10-11(4-6-14-10)3-5-13-8-9-2-1-7-15-9/h1-2,7H,3-6,8H2. The van der Waals surface area contributed by atoms with E-state index in [9.17, 15) is 4.79 Å². The second kappa shape index (κ2) is 5.14. The summed E-state index contributed by atoms with van der Waals surface area (Å²) in [5.74, 6) is 0. The topological polar surface area (TPSA) is 38.8 Å². The third-order valence-corrected chi connectivity index (χ3v) is 3.02. The largest absolute Gasteiger partial charge is 0.448 e. The van der Waals surface area contributed by atoms with Gasteiger partial charge >= 0.3 is 6.09 Å². The summed E-state index contributed by atoms with van der Waals surface area (Å²) in [6.45, 7) is 2.99. The van der Waals surface area contributed by atoms with E-state index in [1.807, 2.05) is 17.5 Å². The van der Waals surface area contributed by atoms with Crippen LogP contribution >= 0.6 is 11.3 Å². The first-order chi connectivity index (χ1) is 7.36. The lowest BCUT2D eigenvalue weighted by Gasteiger charge is -2.11. The van der Waals surface area contributed by atoms with Crippen molar-refractivity contribution in [2.75, 3.05) is 26.3 Å². The average Bonchev–Trinajstić information content (AvgIpc) is 2.85. The molecule has 1 aromatic rings. The van der Waals surface area contributed by atoms with Gasteiger partial charge in [-0.05, 0) is 11.4 Å². The van der Waals surface area contributed by atoms with Gasteiger partial charge < -0.3 is 14.4 Å². The van der Waals surface area contributed by atoms with Gasteiger partial charge in [0.05, 0.1) is 19.8 Å². The summed E-state index contributed by atoms with van der Waals surface area (Å²) in [7, 11) is 0. The van der Waals surface area contributed by atoms with Crippen LogP contribution < -0.4 is 0 Å². The Hall–Kier alpha value is -1.07. The Labute approximate surface area is 92.4 Å². The molecule has 1 fully saturated rings. The van der Waals surface area contributed by atoms with Gasteiger partial charge in [-0.1, -0.05) is 6.07 Å². The van der Waals surface area contributed by atoms with Crippen LogP contribution in [0.3, 0.4) is 0 Å². The van der Waals surface area contributed by atoms with Crippen LogP contribution in [0.2, 0.25) is 0 Å². The van der Waals surface area contributed by atoms with Gasteiger partial charge in [-0.2, -0.15) is 0 Å². The highest BCUT2D eigenvalue weighted by atomic mass is 32.1. The maximum absolute atomic E-state index is 11.0. The van der Waals surface area contributed by atoms with Crippen LogP contribution in [-0.2, 0) is 16.1 Å². The quantitative estimate of drug-likeness (QED) is 0.719. The molecule has 0 N–H and O–H groups in total. The van der Waals surface area contributed by atoms with Crippen molar-refractivity contribution in [1.29, 1.82) is 0 Å². The van der Waals surface area contributed by atoms with E-state index in [1.54, 1.807) is 16.2 Å². The van der Waals surface area contributed by atoms with Crippen molar-refractivity contribution in [3.05, 3.63) is 22.4 Å². The van der Waals surface area contributed by atoms with Gasteiger partial charge in [0.15, 0.2) is 0 Å². The van der Waals surface area contributed by atoms with E-state index >= 15 is 0 Å². The van der Waals surface area contributed by atoms with Crippen molar-refractivity contribution in [3.63, 3.8) is 0 Å². The molecule has 0 atom stereocenters. The molecule has 5 heteroatoms. The molecular weight excluding hydrogens is 214 g/mol. The van der Waals surface area contributed by atoms with Crippen molar-refractivity contribution in [1.82, 2.24) is 4.90 Å². The Morgan fingerprint density at radius 2 is 2.53 bits per heavy atom. The van der Waals surface area contributed by atoms with Gasteiger partial charge in [0.2, 0.25) is 0 Å². The third-order valence-electron chi connectivity index (χ3n) is 2.17. The lowest BCUT2D eigenvalue weighted by Crippen LogP contribution is -2.28. The summed E-state index contributed by atoms with van der Waals surface area (Å²) >= 11 is 1.68.